The third-order valence-corrected chi connectivity index (χ3v) is 4.98. The van der Waals surface area contributed by atoms with E-state index in [-0.39, 0.29) is 5.91 Å². The van der Waals surface area contributed by atoms with Crippen molar-refractivity contribution in [3.8, 4) is 0 Å². The van der Waals surface area contributed by atoms with Crippen molar-refractivity contribution in [2.45, 2.75) is 52.6 Å². The molecular formula is C19H35N5OS. The molecule has 1 amide bonds. The number of thiophene rings is 1. The first-order valence-electron chi connectivity index (χ1n) is 9.47. The monoisotopic (exact) mass is 381 g/mol. The lowest BCUT2D eigenvalue weighted by Gasteiger charge is -2.30. The van der Waals surface area contributed by atoms with Crippen LogP contribution in [0.25, 0.3) is 0 Å². The lowest BCUT2D eigenvalue weighted by Crippen LogP contribution is -2.41. The molecule has 0 aliphatic heterocycles. The summed E-state index contributed by atoms with van der Waals surface area (Å²) in [5, 5.41) is 11.5. The van der Waals surface area contributed by atoms with Crippen molar-refractivity contribution in [1.29, 1.82) is 0 Å². The smallest absolute Gasteiger partial charge is 0.261 e. The average molecular weight is 382 g/mol. The van der Waals surface area contributed by atoms with Crippen LogP contribution in [0.2, 0.25) is 0 Å². The predicted octanol–water partition coefficient (Wildman–Crippen LogP) is 2.54. The highest BCUT2D eigenvalue weighted by Crippen LogP contribution is 2.07. The van der Waals surface area contributed by atoms with Gasteiger partial charge < -0.3 is 16.0 Å². The number of amides is 1. The Morgan fingerprint density at radius 2 is 1.69 bits per heavy atom. The van der Waals surface area contributed by atoms with Crippen molar-refractivity contribution >= 4 is 23.2 Å². The molecule has 0 atom stereocenters. The summed E-state index contributed by atoms with van der Waals surface area (Å²) >= 11 is 1.46. The lowest BCUT2D eigenvalue weighted by molar-refractivity contribution is 0.0957. The first kappa shape index (κ1) is 22.4. The summed E-state index contributed by atoms with van der Waals surface area (Å²) in [6.45, 7) is 12.4. The zero-order valence-electron chi connectivity index (χ0n) is 16.8. The van der Waals surface area contributed by atoms with Gasteiger partial charge in [-0.15, -0.1) is 11.3 Å². The maximum absolute atomic E-state index is 11.8. The highest BCUT2D eigenvalue weighted by atomic mass is 32.1. The summed E-state index contributed by atoms with van der Waals surface area (Å²) in [5.41, 5.74) is 0. The van der Waals surface area contributed by atoms with E-state index >= 15 is 0 Å². The van der Waals surface area contributed by atoms with Gasteiger partial charge in [0.1, 0.15) is 0 Å². The Kier molecular flexibility index (Phi) is 11.0. The van der Waals surface area contributed by atoms with Crippen LogP contribution < -0.4 is 16.0 Å². The number of rotatable bonds is 11. The summed E-state index contributed by atoms with van der Waals surface area (Å²) in [6.07, 6.45) is 1.93. The molecule has 0 unspecified atom stereocenters. The number of nitrogens with one attached hydrogen (secondary N) is 3. The highest BCUT2D eigenvalue weighted by Gasteiger charge is 2.12. The van der Waals surface area contributed by atoms with Gasteiger partial charge in [-0.2, -0.15) is 0 Å². The molecule has 0 bridgehead atoms. The van der Waals surface area contributed by atoms with Crippen LogP contribution in [0.5, 0.6) is 0 Å². The van der Waals surface area contributed by atoms with Crippen molar-refractivity contribution in [3.63, 3.8) is 0 Å². The second-order valence-electron chi connectivity index (χ2n) is 6.79. The topological polar surface area (TPSA) is 68.8 Å². The van der Waals surface area contributed by atoms with Crippen LogP contribution in [0.15, 0.2) is 22.5 Å². The van der Waals surface area contributed by atoms with Crippen LogP contribution >= 0.6 is 11.3 Å². The maximum atomic E-state index is 11.8. The fourth-order valence-corrected chi connectivity index (χ4v) is 3.43. The molecule has 0 aromatic carbocycles. The summed E-state index contributed by atoms with van der Waals surface area (Å²) in [6, 6.07) is 4.86. The van der Waals surface area contributed by atoms with Crippen LogP contribution in [-0.2, 0) is 0 Å². The number of carbonyl (C=O) groups excluding carboxylic acids is 1. The van der Waals surface area contributed by atoms with Crippen LogP contribution in [-0.4, -0.2) is 62.1 Å². The van der Waals surface area contributed by atoms with E-state index in [1.807, 2.05) is 17.5 Å². The summed E-state index contributed by atoms with van der Waals surface area (Å²) < 4.78 is 0. The second kappa shape index (κ2) is 12.7. The normalized spacial score (nSPS) is 12.1. The van der Waals surface area contributed by atoms with Crippen LogP contribution in [0.4, 0.5) is 0 Å². The third-order valence-electron chi connectivity index (χ3n) is 4.11. The minimum Gasteiger partial charge on any atom is -0.356 e. The van der Waals surface area contributed by atoms with Crippen molar-refractivity contribution < 1.29 is 4.79 Å². The van der Waals surface area contributed by atoms with E-state index in [1.165, 1.54) is 11.3 Å². The molecule has 0 spiro atoms. The van der Waals surface area contributed by atoms with Gasteiger partial charge in [-0.1, -0.05) is 6.07 Å². The molecule has 0 saturated heterocycles. The molecule has 148 valence electrons. The zero-order valence-corrected chi connectivity index (χ0v) is 17.7. The standard InChI is InChI=1S/C19H35N5OS/c1-15(2)24(16(3)4)13-8-12-23-19(20-5)22-11-7-10-21-18(25)17-9-6-14-26-17/h6,9,14-16H,7-8,10-13H2,1-5H3,(H,21,25)(H2,20,22,23). The minimum absolute atomic E-state index is 0.00219. The van der Waals surface area contributed by atoms with E-state index in [0.717, 1.165) is 43.3 Å². The number of nitrogens with zero attached hydrogens (tertiary/aromatic N) is 2. The Morgan fingerprint density at radius 1 is 1.08 bits per heavy atom. The lowest BCUT2D eigenvalue weighted by atomic mass is 10.2. The number of hydrogen-bond acceptors (Lipinski definition) is 4. The number of aliphatic imine (C=N–C) groups is 1. The quantitative estimate of drug-likeness (QED) is 0.313. The van der Waals surface area contributed by atoms with Gasteiger partial charge in [0.05, 0.1) is 4.88 Å². The SMILES string of the molecule is CN=C(NCCCNC(=O)c1cccs1)NCCCN(C(C)C)C(C)C. The second-order valence-corrected chi connectivity index (χ2v) is 7.74. The molecule has 0 aliphatic rings. The van der Waals surface area contributed by atoms with Gasteiger partial charge in [-0.05, 0) is 52.0 Å². The molecule has 0 aliphatic carbocycles. The Labute approximate surface area is 162 Å². The molecule has 1 aromatic heterocycles. The zero-order chi connectivity index (χ0) is 19.4. The average Bonchev–Trinajstić information content (AvgIpc) is 3.13. The summed E-state index contributed by atoms with van der Waals surface area (Å²) in [4.78, 5) is 19.3. The fraction of sp³-hybridized carbons (Fsp3) is 0.684. The van der Waals surface area contributed by atoms with E-state index in [2.05, 4.69) is 53.5 Å². The predicted molar refractivity (Wildman–Crippen MR) is 112 cm³/mol. The molecule has 1 aromatic rings. The molecule has 1 rings (SSSR count). The molecule has 26 heavy (non-hydrogen) atoms. The van der Waals surface area contributed by atoms with E-state index < -0.39 is 0 Å². The van der Waals surface area contributed by atoms with E-state index in [0.29, 0.717) is 18.6 Å². The van der Waals surface area contributed by atoms with Gasteiger partial charge in [0.2, 0.25) is 0 Å². The first-order valence-corrected chi connectivity index (χ1v) is 10.4. The van der Waals surface area contributed by atoms with Gasteiger partial charge in [-0.3, -0.25) is 14.7 Å². The Balaban J connectivity index is 2.12. The third kappa shape index (κ3) is 8.67. The summed E-state index contributed by atoms with van der Waals surface area (Å²) in [5.74, 6) is 0.817. The van der Waals surface area contributed by atoms with Gasteiger partial charge in [0.25, 0.3) is 5.91 Å². The van der Waals surface area contributed by atoms with E-state index in [9.17, 15) is 4.79 Å². The molecule has 1 heterocycles. The van der Waals surface area contributed by atoms with Crippen molar-refractivity contribution in [3.05, 3.63) is 22.4 Å². The van der Waals surface area contributed by atoms with Gasteiger partial charge in [-0.25, -0.2) is 0 Å². The number of carbonyl (C=O) groups is 1. The van der Waals surface area contributed by atoms with Crippen molar-refractivity contribution in [2.75, 3.05) is 33.2 Å². The number of hydrogen-bond donors (Lipinski definition) is 3. The molecule has 0 radical (unpaired) electrons. The fourth-order valence-electron chi connectivity index (χ4n) is 2.79. The van der Waals surface area contributed by atoms with E-state index in [1.54, 1.807) is 7.05 Å². The largest absolute Gasteiger partial charge is 0.356 e. The van der Waals surface area contributed by atoms with Gasteiger partial charge >= 0.3 is 0 Å². The first-order chi connectivity index (χ1) is 12.5. The van der Waals surface area contributed by atoms with Gasteiger partial charge in [0.15, 0.2) is 5.96 Å². The number of guanidine groups is 1. The molecule has 3 N–H and O–H groups in total. The highest BCUT2D eigenvalue weighted by molar-refractivity contribution is 7.12. The Hall–Kier alpha value is -1.60. The van der Waals surface area contributed by atoms with E-state index in [4.69, 9.17) is 0 Å². The summed E-state index contributed by atoms with van der Waals surface area (Å²) in [7, 11) is 1.78. The molecule has 0 saturated carbocycles. The Morgan fingerprint density at radius 3 is 2.23 bits per heavy atom. The van der Waals surface area contributed by atoms with Crippen LogP contribution in [0.1, 0.15) is 50.2 Å². The molecule has 6 nitrogen and oxygen atoms in total. The maximum Gasteiger partial charge on any atom is 0.261 e. The van der Waals surface area contributed by atoms with Gasteiger partial charge in [0, 0.05) is 45.3 Å². The molecular weight excluding hydrogens is 346 g/mol. The molecule has 0 fully saturated rings. The van der Waals surface area contributed by atoms with Crippen molar-refractivity contribution in [1.82, 2.24) is 20.9 Å². The minimum atomic E-state index is 0.00219. The molecule has 7 heteroatoms. The van der Waals surface area contributed by atoms with Crippen LogP contribution in [0.3, 0.4) is 0 Å². The van der Waals surface area contributed by atoms with Crippen molar-refractivity contribution in [2.24, 2.45) is 4.99 Å². The Bertz CT molecular complexity index is 520. The van der Waals surface area contributed by atoms with Crippen LogP contribution in [0, 0.1) is 0 Å².